The summed E-state index contributed by atoms with van der Waals surface area (Å²) < 4.78 is 0. The summed E-state index contributed by atoms with van der Waals surface area (Å²) in [5.41, 5.74) is 0. The number of rotatable bonds is 1. The van der Waals surface area contributed by atoms with E-state index in [1.807, 2.05) is 0 Å². The molecule has 0 radical (unpaired) electrons. The first kappa shape index (κ1) is 9.33. The van der Waals surface area contributed by atoms with E-state index in [-0.39, 0.29) is 0 Å². The Morgan fingerprint density at radius 2 is 1.17 bits per heavy atom. The van der Waals surface area contributed by atoms with Crippen LogP contribution in [0.3, 0.4) is 0 Å². The van der Waals surface area contributed by atoms with Gasteiger partial charge in [-0.15, -0.1) is 0 Å². The normalized spacial score (nSPS) is 6.00. The molecule has 0 amide bonds. The van der Waals surface area contributed by atoms with Crippen LogP contribution in [0.5, 0.6) is 0 Å². The van der Waals surface area contributed by atoms with Crippen molar-refractivity contribution >= 4 is 0 Å². The number of hydrogen-bond acceptors (Lipinski definition) is 2. The molecule has 0 heterocycles. The highest BCUT2D eigenvalue weighted by atomic mass is 17.0. The zero-order valence-electron chi connectivity index (χ0n) is 4.31. The van der Waals surface area contributed by atoms with Crippen molar-refractivity contribution in [3.63, 3.8) is 0 Å². The van der Waals surface area contributed by atoms with Crippen LogP contribution in [0.4, 0.5) is 0 Å². The summed E-state index contributed by atoms with van der Waals surface area (Å²) in [6.07, 6.45) is 2.64. The van der Waals surface area contributed by atoms with Gasteiger partial charge in [0.25, 0.3) is 0 Å². The molecule has 0 atom stereocenters. The van der Waals surface area contributed by atoms with Gasteiger partial charge in [-0.05, 0) is 0 Å². The van der Waals surface area contributed by atoms with Crippen molar-refractivity contribution in [3.05, 3.63) is 0 Å². The van der Waals surface area contributed by atoms with Gasteiger partial charge in [-0.1, -0.05) is 26.7 Å². The monoisotopic (exact) mass is 92.1 g/mol. The van der Waals surface area contributed by atoms with Gasteiger partial charge in [-0.25, -0.2) is 0 Å². The maximum atomic E-state index is 6.00. The van der Waals surface area contributed by atoms with Crippen LogP contribution in [0.15, 0.2) is 0 Å². The van der Waals surface area contributed by atoms with Crippen LogP contribution in [0.1, 0.15) is 26.7 Å². The quantitative estimate of drug-likeness (QED) is 0.382. The maximum Gasteiger partial charge on any atom is -0.0564 e. The summed E-state index contributed by atoms with van der Waals surface area (Å²) in [5.74, 6) is 0. The van der Waals surface area contributed by atoms with Gasteiger partial charge in [-0.3, -0.25) is 10.5 Å². The third kappa shape index (κ3) is 39.5. The molecule has 0 aliphatic carbocycles. The van der Waals surface area contributed by atoms with Crippen molar-refractivity contribution in [2.45, 2.75) is 26.7 Å². The second kappa shape index (κ2) is 20.5. The first-order valence-corrected chi connectivity index (χ1v) is 2.11. The highest BCUT2D eigenvalue weighted by Crippen LogP contribution is 1.76. The standard InChI is InChI=1S/C4H10.H2O2/c1-3-4-2;1-2/h3-4H2,1-2H3;1-2H. The van der Waals surface area contributed by atoms with Gasteiger partial charge in [0.15, 0.2) is 0 Å². The van der Waals surface area contributed by atoms with Gasteiger partial charge in [0.2, 0.25) is 0 Å². The number of hydrogen-bond donors (Lipinski definition) is 2. The molecule has 6 heavy (non-hydrogen) atoms. The fourth-order valence-electron chi connectivity index (χ4n) is 0. The highest BCUT2D eigenvalue weighted by molar-refractivity contribution is 4.12. The van der Waals surface area contributed by atoms with E-state index in [9.17, 15) is 0 Å². The maximum absolute atomic E-state index is 6.00. The third-order valence-corrected chi connectivity index (χ3v) is 0.500. The van der Waals surface area contributed by atoms with Crippen LogP contribution in [0.2, 0.25) is 0 Å². The molecule has 0 aliphatic heterocycles. The largest absolute Gasteiger partial charge is 0.255 e. The van der Waals surface area contributed by atoms with Gasteiger partial charge in [-0.2, -0.15) is 0 Å². The minimum Gasteiger partial charge on any atom is -0.255 e. The number of unbranched alkanes of at least 4 members (excludes halogenated alkanes) is 1. The third-order valence-electron chi connectivity index (χ3n) is 0.500. The Bertz CT molecular complexity index is 7.51. The van der Waals surface area contributed by atoms with E-state index in [1.165, 1.54) is 12.8 Å². The lowest BCUT2D eigenvalue weighted by Crippen LogP contribution is -1.47. The molecule has 0 fully saturated rings. The Morgan fingerprint density at radius 1 is 1.00 bits per heavy atom. The Labute approximate surface area is 38.4 Å². The van der Waals surface area contributed by atoms with Crippen LogP contribution in [-0.4, -0.2) is 10.5 Å². The van der Waals surface area contributed by atoms with Crippen molar-refractivity contribution in [2.75, 3.05) is 0 Å². The molecule has 0 bridgehead atoms. The van der Waals surface area contributed by atoms with Crippen molar-refractivity contribution in [2.24, 2.45) is 0 Å². The Balaban J connectivity index is 0. The fraction of sp³-hybridized carbons (Fsp3) is 1.00. The van der Waals surface area contributed by atoms with Gasteiger partial charge >= 0.3 is 0 Å². The van der Waals surface area contributed by atoms with Crippen molar-refractivity contribution in [3.8, 4) is 0 Å². The van der Waals surface area contributed by atoms with E-state index in [2.05, 4.69) is 13.8 Å². The summed E-state index contributed by atoms with van der Waals surface area (Å²) in [4.78, 5) is 0. The SMILES string of the molecule is CCCC.OO. The Hall–Kier alpha value is -0.0800. The predicted octanol–water partition coefficient (Wildman–Crippen LogP) is 1.82. The lowest BCUT2D eigenvalue weighted by atomic mass is 10.4. The molecular formula is C4H12O2. The van der Waals surface area contributed by atoms with Crippen LogP contribution >= 0.6 is 0 Å². The van der Waals surface area contributed by atoms with Gasteiger partial charge < -0.3 is 0 Å². The summed E-state index contributed by atoms with van der Waals surface area (Å²) in [6.45, 7) is 4.36. The van der Waals surface area contributed by atoms with Crippen molar-refractivity contribution in [1.29, 1.82) is 0 Å². The summed E-state index contributed by atoms with van der Waals surface area (Å²) >= 11 is 0. The van der Waals surface area contributed by atoms with Crippen LogP contribution in [0, 0.1) is 0 Å². The molecular weight excluding hydrogens is 80.0 g/mol. The second-order valence-electron chi connectivity index (χ2n) is 1.000. The van der Waals surface area contributed by atoms with E-state index < -0.39 is 0 Å². The zero-order chi connectivity index (χ0) is 5.41. The molecule has 0 rings (SSSR count). The molecule has 0 aromatic rings. The van der Waals surface area contributed by atoms with E-state index >= 15 is 0 Å². The molecule has 0 aliphatic rings. The van der Waals surface area contributed by atoms with E-state index in [0.717, 1.165) is 0 Å². The molecule has 0 saturated carbocycles. The molecule has 40 valence electrons. The van der Waals surface area contributed by atoms with E-state index in [4.69, 9.17) is 10.5 Å². The average molecular weight is 92.1 g/mol. The fourth-order valence-corrected chi connectivity index (χ4v) is 0. The zero-order valence-corrected chi connectivity index (χ0v) is 4.31. The molecule has 2 heteroatoms. The first-order chi connectivity index (χ1) is 2.91. The first-order valence-electron chi connectivity index (χ1n) is 2.11. The minimum absolute atomic E-state index is 1.32. The molecule has 0 aromatic carbocycles. The Morgan fingerprint density at radius 3 is 1.17 bits per heavy atom. The van der Waals surface area contributed by atoms with Gasteiger partial charge in [0.1, 0.15) is 0 Å². The lowest BCUT2D eigenvalue weighted by molar-refractivity contribution is -0.176. The summed E-state index contributed by atoms with van der Waals surface area (Å²) in [7, 11) is 0. The van der Waals surface area contributed by atoms with Crippen molar-refractivity contribution < 1.29 is 10.5 Å². The van der Waals surface area contributed by atoms with Gasteiger partial charge in [0, 0.05) is 0 Å². The lowest BCUT2D eigenvalue weighted by Gasteiger charge is -1.68. The molecule has 0 spiro atoms. The molecule has 0 unspecified atom stereocenters. The van der Waals surface area contributed by atoms with E-state index in [1.54, 1.807) is 0 Å². The molecule has 0 saturated heterocycles. The topological polar surface area (TPSA) is 40.5 Å². The Kier molecular flexibility index (Phi) is 31.9. The molecule has 2 N–H and O–H groups in total. The predicted molar refractivity (Wildman–Crippen MR) is 25.8 cm³/mol. The van der Waals surface area contributed by atoms with E-state index in [0.29, 0.717) is 0 Å². The highest BCUT2D eigenvalue weighted by Gasteiger charge is 1.56. The molecule has 2 nitrogen and oxygen atoms in total. The van der Waals surface area contributed by atoms with Crippen LogP contribution < -0.4 is 0 Å². The van der Waals surface area contributed by atoms with Gasteiger partial charge in [0.05, 0.1) is 0 Å². The smallest absolute Gasteiger partial charge is 0.0564 e. The van der Waals surface area contributed by atoms with Crippen molar-refractivity contribution in [1.82, 2.24) is 0 Å². The molecule has 0 aromatic heterocycles. The summed E-state index contributed by atoms with van der Waals surface area (Å²) in [5, 5.41) is 12.0. The van der Waals surface area contributed by atoms with Crippen LogP contribution in [0.25, 0.3) is 0 Å². The average Bonchev–Trinajstić information content (AvgIpc) is 1.72. The van der Waals surface area contributed by atoms with Crippen LogP contribution in [-0.2, 0) is 0 Å². The second-order valence-corrected chi connectivity index (χ2v) is 1.000. The summed E-state index contributed by atoms with van der Waals surface area (Å²) in [6, 6.07) is 0. The minimum atomic E-state index is 1.32.